The van der Waals surface area contributed by atoms with E-state index >= 15 is 0 Å². The van der Waals surface area contributed by atoms with Gasteiger partial charge in [-0.25, -0.2) is 0 Å². The van der Waals surface area contributed by atoms with Crippen molar-refractivity contribution in [2.45, 2.75) is 40.7 Å². The third-order valence-electron chi connectivity index (χ3n) is 1.20. The van der Waals surface area contributed by atoms with E-state index in [0.717, 1.165) is 0 Å². The molecule has 0 aliphatic heterocycles. The summed E-state index contributed by atoms with van der Waals surface area (Å²) in [7, 11) is 0. The molecule has 0 saturated carbocycles. The van der Waals surface area contributed by atoms with Crippen molar-refractivity contribution in [1.82, 2.24) is 0 Å². The summed E-state index contributed by atoms with van der Waals surface area (Å²) in [5.74, 6) is 0. The summed E-state index contributed by atoms with van der Waals surface area (Å²) in [5, 5.41) is 8.73. The quantitative estimate of drug-likeness (QED) is 0.531. The van der Waals surface area contributed by atoms with Crippen LogP contribution in [0.25, 0.3) is 0 Å². The summed E-state index contributed by atoms with van der Waals surface area (Å²) in [6.07, 6.45) is 0. The second kappa shape index (κ2) is 3.52. The van der Waals surface area contributed by atoms with Gasteiger partial charge in [0.25, 0.3) is 0 Å². The van der Waals surface area contributed by atoms with Gasteiger partial charge in [0.1, 0.15) is 11.8 Å². The number of rotatable bonds is 1. The minimum absolute atomic E-state index is 0.112. The lowest BCUT2D eigenvalue weighted by Crippen LogP contribution is -2.19. The third-order valence-corrected chi connectivity index (χ3v) is 1.20. The van der Waals surface area contributed by atoms with E-state index in [4.69, 9.17) is 5.26 Å². The van der Waals surface area contributed by atoms with Crippen LogP contribution in [0.1, 0.15) is 34.6 Å². The van der Waals surface area contributed by atoms with E-state index in [1.807, 2.05) is 34.6 Å². The average Bonchev–Trinajstić information content (AvgIpc) is 1.79. The molecule has 0 bridgehead atoms. The van der Waals surface area contributed by atoms with Gasteiger partial charge in [0.15, 0.2) is 0 Å². The maximum atomic E-state index is 8.73. The Kier molecular flexibility index (Phi) is 3.25. The van der Waals surface area contributed by atoms with Gasteiger partial charge in [-0.3, -0.25) is 4.99 Å². The SMILES string of the molecule is CC(C)N=C(C#N)C(C)(C)C. The Bertz CT molecular complexity index is 189. The highest BCUT2D eigenvalue weighted by Crippen LogP contribution is 2.16. The topological polar surface area (TPSA) is 36.1 Å². The van der Waals surface area contributed by atoms with Crippen LogP contribution in [0.3, 0.4) is 0 Å². The normalized spacial score (nSPS) is 13.4. The van der Waals surface area contributed by atoms with E-state index in [1.54, 1.807) is 0 Å². The van der Waals surface area contributed by atoms with Crippen molar-refractivity contribution in [3.63, 3.8) is 0 Å². The van der Waals surface area contributed by atoms with Crippen LogP contribution < -0.4 is 0 Å². The van der Waals surface area contributed by atoms with Gasteiger partial charge >= 0.3 is 0 Å². The Morgan fingerprint density at radius 3 is 1.91 bits per heavy atom. The molecule has 2 nitrogen and oxygen atoms in total. The van der Waals surface area contributed by atoms with Gasteiger partial charge in [-0.2, -0.15) is 5.26 Å². The first-order chi connectivity index (χ1) is 4.88. The number of nitrogens with zero attached hydrogens (tertiary/aromatic N) is 2. The molecule has 2 heteroatoms. The fourth-order valence-corrected chi connectivity index (χ4v) is 0.648. The Labute approximate surface area is 68.9 Å². The first kappa shape index (κ1) is 10.2. The number of hydrogen-bond acceptors (Lipinski definition) is 2. The highest BCUT2D eigenvalue weighted by atomic mass is 14.8. The van der Waals surface area contributed by atoms with Crippen molar-refractivity contribution in [1.29, 1.82) is 5.26 Å². The van der Waals surface area contributed by atoms with Gasteiger partial charge in [-0.05, 0) is 13.8 Å². The van der Waals surface area contributed by atoms with Crippen LogP contribution in [0.15, 0.2) is 4.99 Å². The monoisotopic (exact) mass is 152 g/mol. The summed E-state index contributed by atoms with van der Waals surface area (Å²) in [4.78, 5) is 4.22. The van der Waals surface area contributed by atoms with E-state index in [1.165, 1.54) is 0 Å². The van der Waals surface area contributed by atoms with Crippen molar-refractivity contribution in [2.24, 2.45) is 10.4 Å². The highest BCUT2D eigenvalue weighted by Gasteiger charge is 2.18. The summed E-state index contributed by atoms with van der Waals surface area (Å²) in [6, 6.07) is 2.34. The van der Waals surface area contributed by atoms with Gasteiger partial charge in [-0.15, -0.1) is 0 Å². The minimum atomic E-state index is -0.112. The molecule has 0 aromatic rings. The molecule has 0 rings (SSSR count). The van der Waals surface area contributed by atoms with Crippen LogP contribution in [0, 0.1) is 16.7 Å². The Morgan fingerprint density at radius 2 is 1.82 bits per heavy atom. The smallest absolute Gasteiger partial charge is 0.117 e. The lowest BCUT2D eigenvalue weighted by atomic mass is 9.90. The molecule has 0 fully saturated rings. The van der Waals surface area contributed by atoms with E-state index in [0.29, 0.717) is 5.71 Å². The van der Waals surface area contributed by atoms with Gasteiger partial charge < -0.3 is 0 Å². The largest absolute Gasteiger partial charge is 0.275 e. The van der Waals surface area contributed by atoms with Crippen LogP contribution in [0.4, 0.5) is 0 Å². The zero-order valence-corrected chi connectivity index (χ0v) is 7.97. The summed E-state index contributed by atoms with van der Waals surface area (Å²) >= 11 is 0. The molecule has 0 aliphatic rings. The molecule has 0 amide bonds. The maximum absolute atomic E-state index is 8.73. The third kappa shape index (κ3) is 3.77. The van der Waals surface area contributed by atoms with Crippen molar-refractivity contribution in [3.05, 3.63) is 0 Å². The molecule has 0 saturated heterocycles. The molecule has 0 aromatic carbocycles. The van der Waals surface area contributed by atoms with E-state index < -0.39 is 0 Å². The van der Waals surface area contributed by atoms with Crippen LogP contribution >= 0.6 is 0 Å². The lowest BCUT2D eigenvalue weighted by Gasteiger charge is -2.16. The van der Waals surface area contributed by atoms with Crippen LogP contribution in [-0.4, -0.2) is 11.8 Å². The van der Waals surface area contributed by atoms with Crippen molar-refractivity contribution in [3.8, 4) is 6.07 Å². The minimum Gasteiger partial charge on any atom is -0.275 e. The molecule has 0 heterocycles. The molecule has 0 radical (unpaired) electrons. The molecular formula is C9H16N2. The molecule has 11 heavy (non-hydrogen) atoms. The zero-order valence-electron chi connectivity index (χ0n) is 7.97. The molecule has 0 N–H and O–H groups in total. The molecule has 0 spiro atoms. The second-order valence-corrected chi connectivity index (χ2v) is 3.93. The number of nitriles is 1. The predicted octanol–water partition coefficient (Wildman–Crippen LogP) is 2.41. The van der Waals surface area contributed by atoms with Crippen LogP contribution in [-0.2, 0) is 0 Å². The average molecular weight is 152 g/mol. The molecule has 0 unspecified atom stereocenters. The number of hydrogen-bond donors (Lipinski definition) is 0. The second-order valence-electron chi connectivity index (χ2n) is 3.93. The van der Waals surface area contributed by atoms with Crippen molar-refractivity contribution >= 4 is 5.71 Å². The predicted molar refractivity (Wildman–Crippen MR) is 47.6 cm³/mol. The first-order valence-electron chi connectivity index (χ1n) is 3.86. The van der Waals surface area contributed by atoms with Gasteiger partial charge in [-0.1, -0.05) is 20.8 Å². The highest BCUT2D eigenvalue weighted by molar-refractivity contribution is 6.02. The van der Waals surface area contributed by atoms with Gasteiger partial charge in [0, 0.05) is 11.5 Å². The molecule has 0 atom stereocenters. The summed E-state index contributed by atoms with van der Waals surface area (Å²) in [5.41, 5.74) is 0.520. The standard InChI is InChI=1S/C9H16N2/c1-7(2)11-8(6-10)9(3,4)5/h7H,1-5H3. The van der Waals surface area contributed by atoms with Gasteiger partial charge in [0.05, 0.1) is 0 Å². The van der Waals surface area contributed by atoms with Crippen molar-refractivity contribution in [2.75, 3.05) is 0 Å². The van der Waals surface area contributed by atoms with E-state index in [-0.39, 0.29) is 11.5 Å². The fourth-order valence-electron chi connectivity index (χ4n) is 0.648. The molecular weight excluding hydrogens is 136 g/mol. The van der Waals surface area contributed by atoms with Crippen molar-refractivity contribution < 1.29 is 0 Å². The number of aliphatic imine (C=N–C) groups is 1. The Morgan fingerprint density at radius 1 is 1.36 bits per heavy atom. The molecule has 0 aromatic heterocycles. The Hall–Kier alpha value is -0.840. The first-order valence-corrected chi connectivity index (χ1v) is 3.86. The maximum Gasteiger partial charge on any atom is 0.117 e. The Balaban J connectivity index is 4.58. The fraction of sp³-hybridized carbons (Fsp3) is 0.778. The lowest BCUT2D eigenvalue weighted by molar-refractivity contribution is 0.587. The zero-order chi connectivity index (χ0) is 9.07. The molecule has 0 aliphatic carbocycles. The van der Waals surface area contributed by atoms with Gasteiger partial charge in [0.2, 0.25) is 0 Å². The van der Waals surface area contributed by atoms with E-state index in [2.05, 4.69) is 11.1 Å². The van der Waals surface area contributed by atoms with E-state index in [9.17, 15) is 0 Å². The van der Waals surface area contributed by atoms with Crippen LogP contribution in [0.2, 0.25) is 0 Å². The summed E-state index contributed by atoms with van der Waals surface area (Å²) < 4.78 is 0. The molecule has 62 valence electrons. The summed E-state index contributed by atoms with van der Waals surface area (Å²) in [6.45, 7) is 9.94. The van der Waals surface area contributed by atoms with Crippen LogP contribution in [0.5, 0.6) is 0 Å².